The van der Waals surface area contributed by atoms with Gasteiger partial charge in [0.25, 0.3) is 0 Å². The summed E-state index contributed by atoms with van der Waals surface area (Å²) in [7, 11) is -3.25. The fourth-order valence-corrected chi connectivity index (χ4v) is 3.85. The molecular formula is C14H21N3O3S2. The number of anilines is 2. The van der Waals surface area contributed by atoms with Gasteiger partial charge in [-0.2, -0.15) is 11.8 Å². The summed E-state index contributed by atoms with van der Waals surface area (Å²) >= 11 is 1.65. The van der Waals surface area contributed by atoms with E-state index < -0.39 is 16.1 Å². The van der Waals surface area contributed by atoms with E-state index in [0.29, 0.717) is 30.8 Å². The predicted molar refractivity (Wildman–Crippen MR) is 91.9 cm³/mol. The molecule has 3 N–H and O–H groups in total. The predicted octanol–water partition coefficient (Wildman–Crippen LogP) is 1.03. The van der Waals surface area contributed by atoms with Crippen LogP contribution < -0.4 is 15.4 Å². The van der Waals surface area contributed by atoms with Crippen molar-refractivity contribution in [1.29, 1.82) is 0 Å². The van der Waals surface area contributed by atoms with Gasteiger partial charge in [-0.15, -0.1) is 0 Å². The fraction of sp³-hybridized carbons (Fsp3) is 0.500. The number of fused-ring (bicyclic) bond motifs is 1. The lowest BCUT2D eigenvalue weighted by Gasteiger charge is -2.17. The van der Waals surface area contributed by atoms with Crippen LogP contribution in [0.3, 0.4) is 0 Å². The minimum Gasteiger partial charge on any atom is -0.325 e. The topological polar surface area (TPSA) is 92.5 Å². The van der Waals surface area contributed by atoms with Crippen LogP contribution >= 0.6 is 11.8 Å². The van der Waals surface area contributed by atoms with Crippen LogP contribution in [0.1, 0.15) is 12.0 Å². The SMILES string of the molecule is CSCC[C@H](N)C(=O)Nc1ccc2c(c1)CCN2S(C)(=O)=O. The average molecular weight is 343 g/mol. The van der Waals surface area contributed by atoms with E-state index in [1.165, 1.54) is 10.6 Å². The molecule has 0 unspecified atom stereocenters. The van der Waals surface area contributed by atoms with Gasteiger partial charge in [-0.05, 0) is 48.6 Å². The van der Waals surface area contributed by atoms with Crippen molar-refractivity contribution in [2.45, 2.75) is 18.9 Å². The minimum atomic E-state index is -3.25. The number of hydrogen-bond acceptors (Lipinski definition) is 5. The lowest BCUT2D eigenvalue weighted by atomic mass is 10.1. The Morgan fingerprint density at radius 1 is 1.50 bits per heavy atom. The van der Waals surface area contributed by atoms with Crippen molar-refractivity contribution in [2.75, 3.05) is 34.4 Å². The molecule has 1 amide bonds. The monoisotopic (exact) mass is 343 g/mol. The first-order valence-electron chi connectivity index (χ1n) is 6.99. The maximum Gasteiger partial charge on any atom is 0.241 e. The zero-order valence-corrected chi connectivity index (χ0v) is 14.3. The van der Waals surface area contributed by atoms with Crippen LogP contribution in [-0.2, 0) is 21.2 Å². The molecule has 8 heteroatoms. The van der Waals surface area contributed by atoms with Crippen LogP contribution in [0.2, 0.25) is 0 Å². The normalized spacial score (nSPS) is 15.5. The van der Waals surface area contributed by atoms with Gasteiger partial charge in [0.1, 0.15) is 0 Å². The molecule has 1 heterocycles. The molecule has 0 bridgehead atoms. The second-order valence-corrected chi connectivity index (χ2v) is 8.20. The maximum atomic E-state index is 12.0. The second-order valence-electron chi connectivity index (χ2n) is 5.31. The van der Waals surface area contributed by atoms with E-state index in [9.17, 15) is 13.2 Å². The maximum absolute atomic E-state index is 12.0. The highest BCUT2D eigenvalue weighted by Gasteiger charge is 2.26. The molecule has 1 atom stereocenters. The zero-order valence-electron chi connectivity index (χ0n) is 12.7. The van der Waals surface area contributed by atoms with E-state index >= 15 is 0 Å². The molecule has 6 nitrogen and oxygen atoms in total. The summed E-state index contributed by atoms with van der Waals surface area (Å²) < 4.78 is 24.8. The standard InChI is InChI=1S/C14H21N3O3S2/c1-21-8-6-12(15)14(18)16-11-3-4-13-10(9-11)5-7-17(13)22(2,19)20/h3-4,9,12H,5-8,15H2,1-2H3,(H,16,18)/t12-/m0/s1. The lowest BCUT2D eigenvalue weighted by molar-refractivity contribution is -0.117. The van der Waals surface area contributed by atoms with Crippen molar-refractivity contribution in [2.24, 2.45) is 5.73 Å². The van der Waals surface area contributed by atoms with Gasteiger partial charge in [-0.3, -0.25) is 9.10 Å². The molecule has 22 heavy (non-hydrogen) atoms. The van der Waals surface area contributed by atoms with Gasteiger partial charge in [-0.25, -0.2) is 8.42 Å². The largest absolute Gasteiger partial charge is 0.325 e. The highest BCUT2D eigenvalue weighted by atomic mass is 32.2. The molecule has 0 aromatic heterocycles. The van der Waals surface area contributed by atoms with Gasteiger partial charge in [0.2, 0.25) is 15.9 Å². The smallest absolute Gasteiger partial charge is 0.241 e. The summed E-state index contributed by atoms with van der Waals surface area (Å²) in [4.78, 5) is 12.0. The summed E-state index contributed by atoms with van der Waals surface area (Å²) in [6.45, 7) is 0.443. The van der Waals surface area contributed by atoms with E-state index in [-0.39, 0.29) is 5.91 Å². The van der Waals surface area contributed by atoms with Gasteiger partial charge in [-0.1, -0.05) is 0 Å². The molecule has 0 aliphatic carbocycles. The molecule has 0 saturated carbocycles. The van der Waals surface area contributed by atoms with Crippen molar-refractivity contribution < 1.29 is 13.2 Å². The lowest BCUT2D eigenvalue weighted by Crippen LogP contribution is -2.36. The minimum absolute atomic E-state index is 0.216. The summed E-state index contributed by atoms with van der Waals surface area (Å²) in [5.41, 5.74) is 8.09. The first kappa shape index (κ1) is 17.1. The summed E-state index contributed by atoms with van der Waals surface area (Å²) in [5, 5.41) is 2.79. The van der Waals surface area contributed by atoms with Crippen LogP contribution in [0.4, 0.5) is 11.4 Å². The quantitative estimate of drug-likeness (QED) is 0.805. The number of hydrogen-bond donors (Lipinski definition) is 2. The van der Waals surface area contributed by atoms with Crippen molar-refractivity contribution in [3.63, 3.8) is 0 Å². The number of nitrogens with two attached hydrogens (primary N) is 1. The van der Waals surface area contributed by atoms with Crippen LogP contribution in [0.25, 0.3) is 0 Å². The number of thioether (sulfide) groups is 1. The second kappa shape index (κ2) is 6.89. The Labute approximate surface area is 135 Å². The number of sulfonamides is 1. The molecule has 0 saturated heterocycles. The molecule has 1 aliphatic heterocycles. The van der Waals surface area contributed by atoms with Gasteiger partial charge < -0.3 is 11.1 Å². The van der Waals surface area contributed by atoms with Crippen LogP contribution in [-0.4, -0.2) is 45.2 Å². The van der Waals surface area contributed by atoms with E-state index in [0.717, 1.165) is 11.3 Å². The van der Waals surface area contributed by atoms with Crippen molar-refractivity contribution in [3.8, 4) is 0 Å². The molecule has 1 aromatic rings. The number of carbonyl (C=O) groups excluding carboxylic acids is 1. The number of benzene rings is 1. The van der Waals surface area contributed by atoms with Gasteiger partial charge >= 0.3 is 0 Å². The number of nitrogens with one attached hydrogen (secondary N) is 1. The fourth-order valence-electron chi connectivity index (χ4n) is 2.40. The Hall–Kier alpha value is -1.25. The third-order valence-electron chi connectivity index (χ3n) is 3.57. The van der Waals surface area contributed by atoms with Gasteiger partial charge in [0, 0.05) is 12.2 Å². The summed E-state index contributed by atoms with van der Waals surface area (Å²) in [6.07, 6.45) is 4.44. The molecule has 122 valence electrons. The Morgan fingerprint density at radius 3 is 2.86 bits per heavy atom. The molecule has 0 spiro atoms. The number of amides is 1. The van der Waals surface area contributed by atoms with E-state index in [4.69, 9.17) is 5.73 Å². The summed E-state index contributed by atoms with van der Waals surface area (Å²) in [5.74, 6) is 0.620. The Morgan fingerprint density at radius 2 is 2.23 bits per heavy atom. The first-order chi connectivity index (χ1) is 10.3. The molecule has 2 rings (SSSR count). The van der Waals surface area contributed by atoms with Crippen molar-refractivity contribution >= 4 is 39.1 Å². The van der Waals surface area contributed by atoms with Crippen molar-refractivity contribution in [1.82, 2.24) is 0 Å². The average Bonchev–Trinajstić information content (AvgIpc) is 2.87. The third-order valence-corrected chi connectivity index (χ3v) is 5.39. The molecule has 1 aromatic carbocycles. The zero-order chi connectivity index (χ0) is 16.3. The van der Waals surface area contributed by atoms with E-state index in [1.54, 1.807) is 23.9 Å². The van der Waals surface area contributed by atoms with Gasteiger partial charge in [0.05, 0.1) is 18.0 Å². The third kappa shape index (κ3) is 3.93. The first-order valence-corrected chi connectivity index (χ1v) is 10.2. The Balaban J connectivity index is 2.09. The van der Waals surface area contributed by atoms with Gasteiger partial charge in [0.15, 0.2) is 0 Å². The van der Waals surface area contributed by atoms with Crippen molar-refractivity contribution in [3.05, 3.63) is 23.8 Å². The number of rotatable bonds is 6. The van der Waals surface area contributed by atoms with Crippen LogP contribution in [0.5, 0.6) is 0 Å². The molecule has 0 fully saturated rings. The van der Waals surface area contributed by atoms with E-state index in [1.807, 2.05) is 12.3 Å². The highest BCUT2D eigenvalue weighted by molar-refractivity contribution is 7.98. The Bertz CT molecular complexity index is 661. The van der Waals surface area contributed by atoms with E-state index in [2.05, 4.69) is 5.32 Å². The summed E-state index contributed by atoms with van der Waals surface area (Å²) in [6, 6.07) is 4.72. The Kier molecular flexibility index (Phi) is 5.36. The van der Waals surface area contributed by atoms with Crippen LogP contribution in [0, 0.1) is 0 Å². The number of nitrogens with zero attached hydrogens (tertiary/aromatic N) is 1. The number of carbonyl (C=O) groups is 1. The van der Waals surface area contributed by atoms with Crippen LogP contribution in [0.15, 0.2) is 18.2 Å². The molecule has 1 aliphatic rings. The molecular weight excluding hydrogens is 322 g/mol. The molecule has 0 radical (unpaired) electrons. The highest BCUT2D eigenvalue weighted by Crippen LogP contribution is 2.32.